The smallest absolute Gasteiger partial charge is 0.399 e. The number of hydrogen-bond acceptors (Lipinski definition) is 5. The number of nitrogens with one attached hydrogen (secondary N) is 2. The SMILES string of the molecule is CC1(C)OB(/C(C=N)=C/NC2CCCC2O)OC1(C)C. The molecule has 0 radical (unpaired) electrons. The first kappa shape index (κ1) is 15.5. The minimum absolute atomic E-state index is 0.0624. The van der Waals surface area contributed by atoms with Gasteiger partial charge in [0, 0.05) is 11.7 Å². The molecule has 0 aromatic heterocycles. The molecule has 1 saturated heterocycles. The fourth-order valence-electron chi connectivity index (χ4n) is 2.50. The van der Waals surface area contributed by atoms with Gasteiger partial charge in [-0.3, -0.25) is 0 Å². The summed E-state index contributed by atoms with van der Waals surface area (Å²) in [4.78, 5) is 0. The first-order valence-corrected chi connectivity index (χ1v) is 7.27. The van der Waals surface area contributed by atoms with Crippen LogP contribution in [0.5, 0.6) is 0 Å². The average Bonchev–Trinajstić information content (AvgIpc) is 2.82. The molecule has 2 fully saturated rings. The van der Waals surface area contributed by atoms with Gasteiger partial charge in [-0.05, 0) is 53.2 Å². The van der Waals surface area contributed by atoms with E-state index in [4.69, 9.17) is 14.7 Å². The van der Waals surface area contributed by atoms with E-state index in [1.54, 1.807) is 6.20 Å². The number of aliphatic hydroxyl groups is 1. The third-order valence-electron chi connectivity index (χ3n) is 4.64. The van der Waals surface area contributed by atoms with Crippen LogP contribution in [-0.4, -0.2) is 41.8 Å². The summed E-state index contributed by atoms with van der Waals surface area (Å²) < 4.78 is 11.8. The highest BCUT2D eigenvalue weighted by molar-refractivity contribution is 6.60. The van der Waals surface area contributed by atoms with Gasteiger partial charge in [-0.2, -0.15) is 0 Å². The molecule has 0 amide bonds. The molecule has 1 aliphatic carbocycles. The zero-order valence-electron chi connectivity index (χ0n) is 12.8. The summed E-state index contributed by atoms with van der Waals surface area (Å²) >= 11 is 0. The highest BCUT2D eigenvalue weighted by Crippen LogP contribution is 2.38. The molecule has 3 N–H and O–H groups in total. The fraction of sp³-hybridized carbons (Fsp3) is 0.786. The Hall–Kier alpha value is -0.845. The van der Waals surface area contributed by atoms with Gasteiger partial charge in [-0.15, -0.1) is 0 Å². The zero-order chi connectivity index (χ0) is 15.0. The van der Waals surface area contributed by atoms with Crippen molar-refractivity contribution >= 4 is 13.3 Å². The Kier molecular flexibility index (Phi) is 4.28. The third-order valence-corrected chi connectivity index (χ3v) is 4.64. The standard InChI is InChI=1S/C14H25BN2O3/c1-13(2)14(3,4)20-15(19-13)10(8-16)9-17-11-6-5-7-12(11)18/h8-9,11-12,16-18H,5-7H2,1-4H3/b10-9+,16-8?. The van der Waals surface area contributed by atoms with Crippen LogP contribution in [-0.2, 0) is 9.31 Å². The summed E-state index contributed by atoms with van der Waals surface area (Å²) in [6.45, 7) is 7.96. The number of allylic oxidation sites excluding steroid dienone is 1. The van der Waals surface area contributed by atoms with E-state index in [1.165, 1.54) is 6.21 Å². The predicted octanol–water partition coefficient (Wildman–Crippen LogP) is 1.65. The van der Waals surface area contributed by atoms with Gasteiger partial charge >= 0.3 is 7.12 Å². The molecule has 1 heterocycles. The molecule has 20 heavy (non-hydrogen) atoms. The maximum Gasteiger partial charge on any atom is 0.497 e. The molecule has 112 valence electrons. The molecular formula is C14H25BN2O3. The van der Waals surface area contributed by atoms with Crippen LogP contribution in [0.1, 0.15) is 47.0 Å². The Bertz CT molecular complexity index is 393. The van der Waals surface area contributed by atoms with Crippen molar-refractivity contribution in [2.75, 3.05) is 0 Å². The second-order valence-electron chi connectivity index (χ2n) is 6.65. The summed E-state index contributed by atoms with van der Waals surface area (Å²) in [6.07, 6.45) is 5.50. The monoisotopic (exact) mass is 280 g/mol. The van der Waals surface area contributed by atoms with E-state index in [2.05, 4.69) is 5.32 Å². The number of hydrogen-bond donors (Lipinski definition) is 3. The molecule has 0 spiro atoms. The van der Waals surface area contributed by atoms with E-state index in [9.17, 15) is 5.11 Å². The lowest BCUT2D eigenvalue weighted by Gasteiger charge is -2.32. The molecule has 2 unspecified atom stereocenters. The summed E-state index contributed by atoms with van der Waals surface area (Å²) in [7, 11) is -0.538. The lowest BCUT2D eigenvalue weighted by atomic mass is 9.79. The van der Waals surface area contributed by atoms with E-state index >= 15 is 0 Å². The first-order chi connectivity index (χ1) is 9.27. The van der Waals surface area contributed by atoms with Crippen LogP contribution in [0.4, 0.5) is 0 Å². The zero-order valence-corrected chi connectivity index (χ0v) is 12.8. The van der Waals surface area contributed by atoms with Crippen molar-refractivity contribution in [3.8, 4) is 0 Å². The van der Waals surface area contributed by atoms with Crippen LogP contribution >= 0.6 is 0 Å². The van der Waals surface area contributed by atoms with Gasteiger partial charge in [0.05, 0.1) is 23.3 Å². The van der Waals surface area contributed by atoms with Gasteiger partial charge in [0.15, 0.2) is 0 Å². The predicted molar refractivity (Wildman–Crippen MR) is 79.7 cm³/mol. The van der Waals surface area contributed by atoms with Gasteiger partial charge in [-0.25, -0.2) is 0 Å². The first-order valence-electron chi connectivity index (χ1n) is 7.27. The van der Waals surface area contributed by atoms with E-state index in [-0.39, 0.29) is 12.1 Å². The lowest BCUT2D eigenvalue weighted by molar-refractivity contribution is 0.00578. The Morgan fingerprint density at radius 1 is 1.25 bits per heavy atom. The maximum absolute atomic E-state index is 9.79. The average molecular weight is 280 g/mol. The molecule has 0 aromatic rings. The normalized spacial score (nSPS) is 32.5. The Morgan fingerprint density at radius 3 is 2.30 bits per heavy atom. The van der Waals surface area contributed by atoms with Crippen molar-refractivity contribution in [2.45, 2.75) is 70.3 Å². The second-order valence-corrected chi connectivity index (χ2v) is 6.65. The minimum Gasteiger partial charge on any atom is -0.399 e. The molecule has 2 atom stereocenters. The van der Waals surface area contributed by atoms with Gasteiger partial charge in [-0.1, -0.05) is 0 Å². The van der Waals surface area contributed by atoms with Crippen LogP contribution in [0, 0.1) is 5.41 Å². The molecular weight excluding hydrogens is 255 g/mol. The summed E-state index contributed by atoms with van der Waals surface area (Å²) in [5.74, 6) is 0. The quantitative estimate of drug-likeness (QED) is 0.541. The molecule has 0 bridgehead atoms. The van der Waals surface area contributed by atoms with Gasteiger partial charge in [0.25, 0.3) is 0 Å². The summed E-state index contributed by atoms with van der Waals surface area (Å²) in [6, 6.07) is 0.0624. The number of aliphatic hydroxyl groups excluding tert-OH is 1. The van der Waals surface area contributed by atoms with Crippen LogP contribution in [0.15, 0.2) is 11.7 Å². The van der Waals surface area contributed by atoms with Crippen molar-refractivity contribution < 1.29 is 14.4 Å². The Labute approximate surface area is 121 Å². The van der Waals surface area contributed by atoms with Crippen LogP contribution in [0.25, 0.3) is 0 Å². The van der Waals surface area contributed by atoms with Gasteiger partial charge < -0.3 is 25.1 Å². The second kappa shape index (κ2) is 5.50. The molecule has 5 nitrogen and oxygen atoms in total. The molecule has 2 aliphatic rings. The van der Waals surface area contributed by atoms with Crippen molar-refractivity contribution in [3.63, 3.8) is 0 Å². The van der Waals surface area contributed by atoms with Crippen molar-refractivity contribution in [3.05, 3.63) is 11.7 Å². The Balaban J connectivity index is 2.04. The van der Waals surface area contributed by atoms with E-state index in [0.717, 1.165) is 19.3 Å². The Morgan fingerprint density at radius 2 is 1.85 bits per heavy atom. The van der Waals surface area contributed by atoms with Gasteiger partial charge in [0.2, 0.25) is 0 Å². The largest absolute Gasteiger partial charge is 0.497 e. The van der Waals surface area contributed by atoms with Crippen LogP contribution in [0.3, 0.4) is 0 Å². The molecule has 6 heteroatoms. The summed E-state index contributed by atoms with van der Waals surface area (Å²) in [5.41, 5.74) is -0.179. The molecule has 1 aliphatic heterocycles. The van der Waals surface area contributed by atoms with Crippen molar-refractivity contribution in [2.24, 2.45) is 0 Å². The van der Waals surface area contributed by atoms with E-state index in [1.807, 2.05) is 27.7 Å². The molecule has 2 rings (SSSR count). The number of rotatable bonds is 4. The van der Waals surface area contributed by atoms with E-state index < -0.39 is 18.3 Å². The van der Waals surface area contributed by atoms with Crippen molar-refractivity contribution in [1.29, 1.82) is 5.41 Å². The topological polar surface area (TPSA) is 74.6 Å². The highest BCUT2D eigenvalue weighted by Gasteiger charge is 2.52. The van der Waals surface area contributed by atoms with E-state index in [0.29, 0.717) is 5.47 Å². The van der Waals surface area contributed by atoms with Crippen molar-refractivity contribution in [1.82, 2.24) is 5.32 Å². The lowest BCUT2D eigenvalue weighted by Crippen LogP contribution is -2.41. The molecule has 0 aromatic carbocycles. The fourth-order valence-corrected chi connectivity index (χ4v) is 2.50. The van der Waals surface area contributed by atoms with Crippen LogP contribution in [0.2, 0.25) is 0 Å². The summed E-state index contributed by atoms with van der Waals surface area (Å²) in [5, 5.41) is 20.5. The minimum atomic E-state index is -0.538. The highest BCUT2D eigenvalue weighted by atomic mass is 16.7. The third kappa shape index (κ3) is 2.92. The van der Waals surface area contributed by atoms with Crippen LogP contribution < -0.4 is 5.32 Å². The van der Waals surface area contributed by atoms with Gasteiger partial charge in [0.1, 0.15) is 0 Å². The molecule has 1 saturated carbocycles. The maximum atomic E-state index is 9.79.